The molecule has 0 unspecified atom stereocenters. The number of nitrogens with two attached hydrogens (primary N) is 1. The monoisotopic (exact) mass is 477 g/mol. The van der Waals surface area contributed by atoms with Crippen LogP contribution in [0.3, 0.4) is 0 Å². The van der Waals surface area contributed by atoms with E-state index >= 15 is 0 Å². The number of aryl methyl sites for hydroxylation is 1. The highest BCUT2D eigenvalue weighted by atomic mass is 19.1. The van der Waals surface area contributed by atoms with Crippen LogP contribution in [-0.2, 0) is 11.3 Å². The second-order valence-corrected chi connectivity index (χ2v) is 8.34. The van der Waals surface area contributed by atoms with Gasteiger partial charge in [-0.15, -0.1) is 0 Å². The number of nitrogen functional groups attached to an aromatic ring is 1. The number of likely N-dealkylation sites (N-methyl/N-ethyl adjacent to an activating group) is 1. The van der Waals surface area contributed by atoms with E-state index in [4.69, 9.17) is 10.5 Å². The van der Waals surface area contributed by atoms with Crippen LogP contribution < -0.4 is 16.4 Å². The molecule has 2 amide bonds. The molecule has 0 radical (unpaired) electrons. The molecule has 0 aliphatic heterocycles. The van der Waals surface area contributed by atoms with E-state index in [1.165, 1.54) is 12.4 Å². The largest absolute Gasteiger partial charge is 0.383 e. The Kier molecular flexibility index (Phi) is 7.23. The summed E-state index contributed by atoms with van der Waals surface area (Å²) in [4.78, 5) is 18.7. The number of hydrogen-bond acceptors (Lipinski definition) is 6. The maximum absolute atomic E-state index is 14.0. The van der Waals surface area contributed by atoms with Crippen LogP contribution >= 0.6 is 0 Å². The lowest BCUT2D eigenvalue weighted by molar-refractivity contribution is 0.158. The summed E-state index contributed by atoms with van der Waals surface area (Å²) in [5.74, 6) is -0.118. The van der Waals surface area contributed by atoms with E-state index in [1.807, 2.05) is 32.3 Å². The van der Waals surface area contributed by atoms with Crippen molar-refractivity contribution < 1.29 is 13.9 Å². The first-order chi connectivity index (χ1) is 16.9. The maximum atomic E-state index is 14.0. The van der Waals surface area contributed by atoms with Gasteiger partial charge in [0.25, 0.3) is 0 Å². The number of anilines is 3. The van der Waals surface area contributed by atoms with Crippen molar-refractivity contribution >= 4 is 28.7 Å². The summed E-state index contributed by atoms with van der Waals surface area (Å²) in [5, 5.41) is 9.59. The molecule has 0 spiro atoms. The van der Waals surface area contributed by atoms with Crippen molar-refractivity contribution in [1.29, 1.82) is 0 Å². The van der Waals surface area contributed by atoms with Crippen molar-refractivity contribution in [1.82, 2.24) is 19.5 Å². The smallest absolute Gasteiger partial charge is 0.323 e. The Morgan fingerprint density at radius 3 is 2.71 bits per heavy atom. The molecule has 4 N–H and O–H groups in total. The zero-order chi connectivity index (χ0) is 24.9. The fraction of sp³-hybridized carbons (Fsp3) is 0.240. The standard InChI is InChI=1S/C25H28FN7O2/c1-16-4-9-20(26)21(12-16)31-25(34)30-19-7-5-17(6-8-19)22-18(13-32(2)10-11-35-3)14-33-23(22)24(27)28-15-29-33/h4-9,12,14-15H,10-11,13H2,1-3H3,(H2,27,28,29)(H2,30,31,34). The maximum Gasteiger partial charge on any atom is 0.323 e. The Hall–Kier alpha value is -4.02. The van der Waals surface area contributed by atoms with Gasteiger partial charge in [0.1, 0.15) is 17.7 Å². The Labute approximate surface area is 202 Å². The van der Waals surface area contributed by atoms with Gasteiger partial charge in [-0.25, -0.2) is 18.7 Å². The number of nitrogens with one attached hydrogen (secondary N) is 2. The minimum Gasteiger partial charge on any atom is -0.383 e. The summed E-state index contributed by atoms with van der Waals surface area (Å²) in [6.45, 7) is 3.87. The highest BCUT2D eigenvalue weighted by Crippen LogP contribution is 2.33. The number of fused-ring (bicyclic) bond motifs is 1. The average molecular weight is 478 g/mol. The number of nitrogens with zero attached hydrogens (tertiary/aromatic N) is 4. The number of hydrogen-bond donors (Lipinski definition) is 3. The molecule has 9 nitrogen and oxygen atoms in total. The molecule has 2 heterocycles. The first-order valence-electron chi connectivity index (χ1n) is 11.1. The molecular weight excluding hydrogens is 449 g/mol. The molecule has 0 aliphatic rings. The van der Waals surface area contributed by atoms with E-state index in [0.717, 1.165) is 34.3 Å². The van der Waals surface area contributed by atoms with Crippen LogP contribution in [0.25, 0.3) is 16.6 Å². The predicted octanol–water partition coefficient (Wildman–Crippen LogP) is 4.15. The number of ether oxygens (including phenoxy) is 1. The zero-order valence-electron chi connectivity index (χ0n) is 19.9. The lowest BCUT2D eigenvalue weighted by Crippen LogP contribution is -2.22. The molecule has 0 fully saturated rings. The molecule has 0 aliphatic carbocycles. The van der Waals surface area contributed by atoms with Crippen LogP contribution in [0.1, 0.15) is 11.1 Å². The first-order valence-corrected chi connectivity index (χ1v) is 11.1. The van der Waals surface area contributed by atoms with Gasteiger partial charge < -0.3 is 21.1 Å². The van der Waals surface area contributed by atoms with Crippen LogP contribution in [0.4, 0.5) is 26.4 Å². The van der Waals surface area contributed by atoms with Gasteiger partial charge in [0, 0.05) is 37.6 Å². The van der Waals surface area contributed by atoms with Gasteiger partial charge in [-0.2, -0.15) is 5.10 Å². The van der Waals surface area contributed by atoms with Gasteiger partial charge in [-0.05, 0) is 54.9 Å². The van der Waals surface area contributed by atoms with Gasteiger partial charge in [0.2, 0.25) is 0 Å². The summed E-state index contributed by atoms with van der Waals surface area (Å²) >= 11 is 0. The Balaban J connectivity index is 1.58. The molecule has 0 saturated carbocycles. The normalized spacial score (nSPS) is 11.2. The lowest BCUT2D eigenvalue weighted by Gasteiger charge is -2.16. The number of carbonyl (C=O) groups is 1. The van der Waals surface area contributed by atoms with E-state index in [-0.39, 0.29) is 5.69 Å². The zero-order valence-corrected chi connectivity index (χ0v) is 19.9. The molecule has 35 heavy (non-hydrogen) atoms. The van der Waals surface area contributed by atoms with Gasteiger partial charge in [0.15, 0.2) is 5.82 Å². The van der Waals surface area contributed by atoms with Crippen LogP contribution in [0.2, 0.25) is 0 Å². The third-order valence-corrected chi connectivity index (χ3v) is 5.60. The summed E-state index contributed by atoms with van der Waals surface area (Å²) < 4.78 is 20.9. The number of aromatic nitrogens is 3. The van der Waals surface area contributed by atoms with Gasteiger partial charge in [-0.3, -0.25) is 4.90 Å². The number of halogens is 1. The number of carbonyl (C=O) groups excluding carboxylic acids is 1. The Morgan fingerprint density at radius 2 is 1.97 bits per heavy atom. The van der Waals surface area contributed by atoms with Crippen LogP contribution in [-0.4, -0.2) is 52.8 Å². The van der Waals surface area contributed by atoms with Crippen molar-refractivity contribution in [2.45, 2.75) is 13.5 Å². The van der Waals surface area contributed by atoms with Gasteiger partial charge >= 0.3 is 6.03 Å². The van der Waals surface area contributed by atoms with E-state index in [0.29, 0.717) is 24.7 Å². The molecule has 182 valence electrons. The minimum atomic E-state index is -0.533. The molecule has 4 aromatic rings. The number of amides is 2. The molecule has 0 atom stereocenters. The fourth-order valence-corrected chi connectivity index (χ4v) is 3.88. The predicted molar refractivity (Wildman–Crippen MR) is 135 cm³/mol. The third kappa shape index (κ3) is 5.56. The molecular formula is C25H28FN7O2. The quantitative estimate of drug-likeness (QED) is 0.352. The van der Waals surface area contributed by atoms with Crippen molar-refractivity contribution in [2.24, 2.45) is 0 Å². The van der Waals surface area contributed by atoms with Crippen LogP contribution in [0.15, 0.2) is 55.0 Å². The molecule has 2 aromatic heterocycles. The Morgan fingerprint density at radius 1 is 1.20 bits per heavy atom. The number of urea groups is 1. The second kappa shape index (κ2) is 10.5. The summed E-state index contributed by atoms with van der Waals surface area (Å²) in [6.07, 6.45) is 3.37. The average Bonchev–Trinajstić information content (AvgIpc) is 3.19. The van der Waals surface area contributed by atoms with Crippen LogP contribution in [0.5, 0.6) is 0 Å². The molecule has 4 rings (SSSR count). The van der Waals surface area contributed by atoms with Crippen molar-refractivity contribution in [2.75, 3.05) is 43.7 Å². The summed E-state index contributed by atoms with van der Waals surface area (Å²) in [7, 11) is 3.69. The topological polar surface area (TPSA) is 110 Å². The summed E-state index contributed by atoms with van der Waals surface area (Å²) in [5.41, 5.74) is 11.3. The molecule has 0 bridgehead atoms. The molecule has 10 heteroatoms. The minimum absolute atomic E-state index is 0.122. The number of rotatable bonds is 8. The third-order valence-electron chi connectivity index (χ3n) is 5.60. The highest BCUT2D eigenvalue weighted by Gasteiger charge is 2.18. The molecule has 0 saturated heterocycles. The highest BCUT2D eigenvalue weighted by molar-refractivity contribution is 6.00. The van der Waals surface area contributed by atoms with Crippen LogP contribution in [0, 0.1) is 12.7 Å². The SMILES string of the molecule is COCCN(C)Cc1cn2ncnc(N)c2c1-c1ccc(NC(=O)Nc2cc(C)ccc2F)cc1. The number of methoxy groups -OCH3 is 1. The van der Waals surface area contributed by atoms with Gasteiger partial charge in [0.05, 0.1) is 12.3 Å². The van der Waals surface area contributed by atoms with Gasteiger partial charge in [-0.1, -0.05) is 18.2 Å². The van der Waals surface area contributed by atoms with E-state index in [1.54, 1.807) is 35.9 Å². The van der Waals surface area contributed by atoms with Crippen molar-refractivity contribution in [3.63, 3.8) is 0 Å². The van der Waals surface area contributed by atoms with Crippen molar-refractivity contribution in [3.8, 4) is 11.1 Å². The molecule has 2 aromatic carbocycles. The number of benzene rings is 2. The van der Waals surface area contributed by atoms with E-state index in [2.05, 4.69) is 25.6 Å². The lowest BCUT2D eigenvalue weighted by atomic mass is 10.0. The second-order valence-electron chi connectivity index (χ2n) is 8.34. The first kappa shape index (κ1) is 24.1. The fourth-order valence-electron chi connectivity index (χ4n) is 3.88. The van der Waals surface area contributed by atoms with E-state index < -0.39 is 11.8 Å². The van der Waals surface area contributed by atoms with Crippen molar-refractivity contribution in [3.05, 3.63) is 71.9 Å². The summed E-state index contributed by atoms with van der Waals surface area (Å²) in [6, 6.07) is 11.4. The van der Waals surface area contributed by atoms with E-state index in [9.17, 15) is 9.18 Å². The Bertz CT molecular complexity index is 1340.